The van der Waals surface area contributed by atoms with Crippen molar-refractivity contribution in [1.82, 2.24) is 14.9 Å². The molecule has 1 aliphatic rings. The van der Waals surface area contributed by atoms with Crippen LogP contribution in [0.4, 0.5) is 0 Å². The largest absolute Gasteiger partial charge is 0.370 e. The van der Waals surface area contributed by atoms with E-state index in [0.717, 1.165) is 19.3 Å². The van der Waals surface area contributed by atoms with E-state index >= 15 is 0 Å². The van der Waals surface area contributed by atoms with Crippen molar-refractivity contribution in [3.8, 4) is 0 Å². The zero-order chi connectivity index (χ0) is 16.6. The van der Waals surface area contributed by atoms with Crippen molar-refractivity contribution >= 4 is 19.4 Å². The Morgan fingerprint density at radius 1 is 1.27 bits per heavy atom. The Balaban J connectivity index is 2.18. The minimum Gasteiger partial charge on any atom is -0.370 e. The Labute approximate surface area is 132 Å². The van der Waals surface area contributed by atoms with Gasteiger partial charge in [0.15, 0.2) is 5.96 Å². The van der Waals surface area contributed by atoms with Crippen LogP contribution in [0.25, 0.3) is 0 Å². The van der Waals surface area contributed by atoms with Crippen LogP contribution in [-0.2, 0) is 13.9 Å². The normalized spacial score (nSPS) is 18.7. The predicted octanol–water partition coefficient (Wildman–Crippen LogP) is 0.643. The van der Waals surface area contributed by atoms with Crippen molar-refractivity contribution in [3.05, 3.63) is 0 Å². The van der Waals surface area contributed by atoms with Gasteiger partial charge in [-0.15, -0.1) is 0 Å². The number of unbranched alkanes of at least 4 members (excludes halogenated alkanes) is 2. The molecule has 1 atom stereocenters. The van der Waals surface area contributed by atoms with E-state index in [-0.39, 0.29) is 11.9 Å². The maximum atomic E-state index is 12.1. The van der Waals surface area contributed by atoms with Gasteiger partial charge in [-0.2, -0.15) is 0 Å². The van der Waals surface area contributed by atoms with Crippen LogP contribution >= 0.6 is 7.52 Å². The first-order valence-electron chi connectivity index (χ1n) is 7.61. The summed E-state index contributed by atoms with van der Waals surface area (Å²) in [6, 6.07) is 0. The highest BCUT2D eigenvalue weighted by Gasteiger charge is 2.30. The number of nitrogens with two attached hydrogens (primary N) is 1. The van der Waals surface area contributed by atoms with Gasteiger partial charge in [-0.25, -0.2) is 4.67 Å². The summed E-state index contributed by atoms with van der Waals surface area (Å²) in [7, 11) is -1.23. The molecular formula is C13H28N5O3P. The lowest BCUT2D eigenvalue weighted by Gasteiger charge is -2.36. The summed E-state index contributed by atoms with van der Waals surface area (Å²) in [5, 5.41) is 9.77. The molecule has 8 nitrogen and oxygen atoms in total. The lowest BCUT2D eigenvalue weighted by atomic mass is 10.1. The van der Waals surface area contributed by atoms with Gasteiger partial charge in [-0.05, 0) is 12.8 Å². The van der Waals surface area contributed by atoms with E-state index < -0.39 is 7.52 Å². The summed E-state index contributed by atoms with van der Waals surface area (Å²) in [6.07, 6.45) is 3.20. The number of carbonyl (C=O) groups is 1. The summed E-state index contributed by atoms with van der Waals surface area (Å²) in [4.78, 5) is 13.9. The lowest BCUT2D eigenvalue weighted by molar-refractivity contribution is -0.132. The van der Waals surface area contributed by atoms with Gasteiger partial charge in [0, 0.05) is 52.9 Å². The van der Waals surface area contributed by atoms with Crippen molar-refractivity contribution in [1.29, 1.82) is 5.41 Å². The molecule has 1 saturated heterocycles. The number of guanidine groups is 1. The molecule has 0 radical (unpaired) electrons. The summed E-state index contributed by atoms with van der Waals surface area (Å²) in [5.74, 6) is 0.140. The number of carbonyl (C=O) groups excluding carboxylic acids is 1. The number of hydrogen-bond acceptors (Lipinski definition) is 4. The van der Waals surface area contributed by atoms with E-state index in [0.29, 0.717) is 39.1 Å². The van der Waals surface area contributed by atoms with E-state index in [1.54, 1.807) is 6.66 Å². The molecule has 1 unspecified atom stereocenters. The van der Waals surface area contributed by atoms with Crippen LogP contribution in [0.3, 0.4) is 0 Å². The van der Waals surface area contributed by atoms with Gasteiger partial charge < -0.3 is 20.5 Å². The van der Waals surface area contributed by atoms with Gasteiger partial charge in [0.2, 0.25) is 5.91 Å². The van der Waals surface area contributed by atoms with Gasteiger partial charge in [0.05, 0.1) is 0 Å². The van der Waals surface area contributed by atoms with Gasteiger partial charge in [-0.3, -0.25) is 14.8 Å². The zero-order valence-corrected chi connectivity index (χ0v) is 14.4. The fourth-order valence-electron chi connectivity index (χ4n) is 2.38. The van der Waals surface area contributed by atoms with Crippen LogP contribution in [0.1, 0.15) is 25.7 Å². The summed E-state index contributed by atoms with van der Waals surface area (Å²) in [5.41, 5.74) is 5.18. The average molecular weight is 333 g/mol. The third kappa shape index (κ3) is 6.34. The summed E-state index contributed by atoms with van der Waals surface area (Å²) < 4.78 is 19.0. The number of amides is 1. The molecule has 0 spiro atoms. The molecule has 0 aliphatic carbocycles. The Morgan fingerprint density at radius 2 is 1.91 bits per heavy atom. The fraction of sp³-hybridized carbons (Fsp3) is 0.846. The van der Waals surface area contributed by atoms with Gasteiger partial charge in [0.1, 0.15) is 0 Å². The molecule has 0 aromatic heterocycles. The van der Waals surface area contributed by atoms with Crippen molar-refractivity contribution in [2.45, 2.75) is 25.7 Å². The van der Waals surface area contributed by atoms with E-state index in [9.17, 15) is 9.36 Å². The third-order valence-electron chi connectivity index (χ3n) is 3.84. The number of piperazine rings is 1. The van der Waals surface area contributed by atoms with E-state index in [2.05, 4.69) is 5.32 Å². The van der Waals surface area contributed by atoms with Crippen LogP contribution in [0.5, 0.6) is 0 Å². The van der Waals surface area contributed by atoms with E-state index in [1.165, 1.54) is 7.11 Å². The molecule has 128 valence electrons. The highest BCUT2D eigenvalue weighted by atomic mass is 31.2. The van der Waals surface area contributed by atoms with Crippen molar-refractivity contribution < 1.29 is 13.9 Å². The first-order valence-corrected chi connectivity index (χ1v) is 9.63. The topological polar surface area (TPSA) is 112 Å². The maximum absolute atomic E-state index is 12.1. The molecule has 1 amide bonds. The molecule has 1 aliphatic heterocycles. The van der Waals surface area contributed by atoms with Crippen LogP contribution < -0.4 is 11.1 Å². The predicted molar refractivity (Wildman–Crippen MR) is 87.1 cm³/mol. The molecule has 0 aromatic rings. The molecule has 0 aromatic carbocycles. The zero-order valence-electron chi connectivity index (χ0n) is 13.5. The summed E-state index contributed by atoms with van der Waals surface area (Å²) in [6.45, 7) is 4.67. The first-order chi connectivity index (χ1) is 10.4. The van der Waals surface area contributed by atoms with Crippen LogP contribution in [0.15, 0.2) is 0 Å². The Bertz CT molecular complexity index is 424. The van der Waals surface area contributed by atoms with Crippen molar-refractivity contribution in [2.75, 3.05) is 46.5 Å². The van der Waals surface area contributed by atoms with E-state index in [1.807, 2.05) is 9.57 Å². The lowest BCUT2D eigenvalue weighted by Crippen LogP contribution is -2.47. The number of rotatable bonds is 8. The Morgan fingerprint density at radius 3 is 2.45 bits per heavy atom. The maximum Gasteiger partial charge on any atom is 0.269 e. The second-order valence-electron chi connectivity index (χ2n) is 5.47. The standard InChI is InChI=1S/C13H28N5O3P/c1-21-22(2,20)18-10-8-17(9-11-18)12(19)6-4-3-5-7-16-13(14)15/h3-11H2,1-2H3,(H4,14,15,16). The van der Waals surface area contributed by atoms with Gasteiger partial charge in [0.25, 0.3) is 7.52 Å². The fourth-order valence-corrected chi connectivity index (χ4v) is 3.52. The van der Waals surface area contributed by atoms with E-state index in [4.69, 9.17) is 15.7 Å². The SMILES string of the molecule is COP(C)(=O)N1CCN(C(=O)CCCCCNC(=N)N)CC1. The quantitative estimate of drug-likeness (QED) is 0.260. The molecule has 1 rings (SSSR count). The van der Waals surface area contributed by atoms with Crippen LogP contribution in [-0.4, -0.2) is 67.9 Å². The number of nitrogens with zero attached hydrogens (tertiary/aromatic N) is 2. The number of nitrogens with one attached hydrogen (secondary N) is 2. The first kappa shape index (κ1) is 18.9. The monoisotopic (exact) mass is 333 g/mol. The second-order valence-corrected chi connectivity index (χ2v) is 8.01. The van der Waals surface area contributed by atoms with Crippen LogP contribution in [0.2, 0.25) is 0 Å². The van der Waals surface area contributed by atoms with Crippen LogP contribution in [0, 0.1) is 5.41 Å². The highest BCUT2D eigenvalue weighted by Crippen LogP contribution is 2.46. The van der Waals surface area contributed by atoms with Gasteiger partial charge in [-0.1, -0.05) is 6.42 Å². The molecular weight excluding hydrogens is 305 g/mol. The molecule has 0 saturated carbocycles. The molecule has 0 bridgehead atoms. The third-order valence-corrected chi connectivity index (χ3v) is 5.95. The summed E-state index contributed by atoms with van der Waals surface area (Å²) >= 11 is 0. The molecule has 1 fully saturated rings. The Hall–Kier alpha value is -1.11. The molecule has 22 heavy (non-hydrogen) atoms. The van der Waals surface area contributed by atoms with Crippen molar-refractivity contribution in [2.24, 2.45) is 5.73 Å². The van der Waals surface area contributed by atoms with Gasteiger partial charge >= 0.3 is 0 Å². The molecule has 1 heterocycles. The molecule has 9 heteroatoms. The van der Waals surface area contributed by atoms with Crippen molar-refractivity contribution in [3.63, 3.8) is 0 Å². The second kappa shape index (κ2) is 9.12. The number of hydrogen-bond donors (Lipinski definition) is 3. The Kier molecular flexibility index (Phi) is 7.85. The average Bonchev–Trinajstić information content (AvgIpc) is 2.50. The minimum absolute atomic E-state index is 0.0155. The molecule has 4 N–H and O–H groups in total. The minimum atomic E-state index is -2.69. The smallest absolute Gasteiger partial charge is 0.269 e. The highest BCUT2D eigenvalue weighted by molar-refractivity contribution is 7.55.